The van der Waals surface area contributed by atoms with Crippen molar-refractivity contribution in [2.45, 2.75) is 83.6 Å². The molecule has 2 fully saturated rings. The number of aryl methyl sites for hydroxylation is 1. The van der Waals surface area contributed by atoms with Gasteiger partial charge in [-0.15, -0.1) is 0 Å². The molecule has 1 unspecified atom stereocenters. The highest BCUT2D eigenvalue weighted by atomic mass is 16.6. The lowest BCUT2D eigenvalue weighted by Crippen LogP contribution is -2.50. The molecular formula is C35H37N7O5. The summed E-state index contributed by atoms with van der Waals surface area (Å²) in [5.74, 6) is 3.56. The highest BCUT2D eigenvalue weighted by Crippen LogP contribution is 2.45. The third-order valence-electron chi connectivity index (χ3n) is 9.05. The van der Waals surface area contributed by atoms with Crippen LogP contribution in [-0.4, -0.2) is 66.0 Å². The lowest BCUT2D eigenvalue weighted by molar-refractivity contribution is -0.00735. The summed E-state index contributed by atoms with van der Waals surface area (Å²) in [6, 6.07) is 11.8. The summed E-state index contributed by atoms with van der Waals surface area (Å²) in [6.07, 6.45) is 8.80. The monoisotopic (exact) mass is 635 g/mol. The number of benzene rings is 2. The lowest BCUT2D eigenvalue weighted by atomic mass is 10.00. The second-order valence-electron chi connectivity index (χ2n) is 13.5. The highest BCUT2D eigenvalue weighted by Gasteiger charge is 2.46. The molecule has 12 heteroatoms. The van der Waals surface area contributed by atoms with Crippen LogP contribution >= 0.6 is 0 Å². The Balaban J connectivity index is 1.03. The van der Waals surface area contributed by atoms with Crippen LogP contribution in [0.5, 0.6) is 23.0 Å². The minimum atomic E-state index is -0.524. The Labute approximate surface area is 272 Å². The van der Waals surface area contributed by atoms with Crippen LogP contribution in [0.2, 0.25) is 0 Å². The molecular weight excluding hydrogens is 598 g/mol. The standard InChI is InChI=1S/C35H37N7O5/c1-20-13-21(5-8-28(20)45-24-9-11-41-30(16-24)36-19-39-41)40-33-27-17-29(32-26(10-12-44-32)31(27)37-18-38-33)46-25-14-22-6-7-23(15-25)42(22)34(43)47-35(2,3)4/h5,8-9,11,13,16-19,22-23,25H,6-7,10,12,14-15H2,1-4H3,(H,37,38,40)/t22-,23+,25?. The zero-order valence-corrected chi connectivity index (χ0v) is 26.9. The lowest BCUT2D eigenvalue weighted by Gasteiger charge is -2.39. The highest BCUT2D eigenvalue weighted by molar-refractivity contribution is 5.96. The van der Waals surface area contributed by atoms with Crippen molar-refractivity contribution < 1.29 is 23.7 Å². The maximum atomic E-state index is 13.0. The molecule has 0 saturated carbocycles. The number of pyridine rings is 1. The summed E-state index contributed by atoms with van der Waals surface area (Å²) in [5.41, 5.74) is 3.90. The molecule has 2 bridgehead atoms. The first-order valence-electron chi connectivity index (χ1n) is 16.1. The Kier molecular flexibility index (Phi) is 7.03. The van der Waals surface area contributed by atoms with Gasteiger partial charge >= 0.3 is 6.09 Å². The van der Waals surface area contributed by atoms with E-state index in [9.17, 15) is 4.79 Å². The zero-order chi connectivity index (χ0) is 32.3. The molecule has 47 heavy (non-hydrogen) atoms. The molecule has 1 N–H and O–H groups in total. The molecule has 5 aromatic rings. The van der Waals surface area contributed by atoms with Crippen molar-refractivity contribution in [2.75, 3.05) is 11.9 Å². The van der Waals surface area contributed by atoms with Gasteiger partial charge in [0.05, 0.1) is 12.1 Å². The number of anilines is 2. The van der Waals surface area contributed by atoms with Gasteiger partial charge in [-0.2, -0.15) is 5.10 Å². The Morgan fingerprint density at radius 3 is 2.62 bits per heavy atom. The number of fused-ring (bicyclic) bond motifs is 6. The normalized spacial score (nSPS) is 20.3. The number of hydrogen-bond donors (Lipinski definition) is 1. The smallest absolute Gasteiger partial charge is 0.410 e. The van der Waals surface area contributed by atoms with E-state index < -0.39 is 5.60 Å². The molecule has 3 aliphatic rings. The fourth-order valence-electron chi connectivity index (χ4n) is 7.04. The Bertz CT molecular complexity index is 1990. The van der Waals surface area contributed by atoms with E-state index in [1.807, 2.05) is 75.2 Å². The summed E-state index contributed by atoms with van der Waals surface area (Å²) >= 11 is 0. The van der Waals surface area contributed by atoms with Gasteiger partial charge in [0.2, 0.25) is 0 Å². The maximum Gasteiger partial charge on any atom is 0.410 e. The van der Waals surface area contributed by atoms with E-state index in [0.717, 1.165) is 71.3 Å². The van der Waals surface area contributed by atoms with Crippen LogP contribution in [0.4, 0.5) is 16.3 Å². The fourth-order valence-corrected chi connectivity index (χ4v) is 7.04. The van der Waals surface area contributed by atoms with E-state index in [1.165, 1.54) is 6.33 Å². The molecule has 2 aromatic carbocycles. The van der Waals surface area contributed by atoms with E-state index in [0.29, 0.717) is 29.6 Å². The van der Waals surface area contributed by atoms with Crippen molar-refractivity contribution in [1.82, 2.24) is 29.5 Å². The second-order valence-corrected chi connectivity index (χ2v) is 13.5. The number of piperidine rings is 1. The molecule has 0 aliphatic carbocycles. The summed E-state index contributed by atoms with van der Waals surface area (Å²) in [7, 11) is 0. The first kappa shape index (κ1) is 29.3. The van der Waals surface area contributed by atoms with Gasteiger partial charge in [-0.05, 0) is 76.4 Å². The minimum absolute atomic E-state index is 0.0429. The number of rotatable bonds is 6. The van der Waals surface area contributed by atoms with Gasteiger partial charge < -0.3 is 29.2 Å². The van der Waals surface area contributed by atoms with Crippen molar-refractivity contribution in [3.05, 3.63) is 66.4 Å². The van der Waals surface area contributed by atoms with E-state index in [2.05, 4.69) is 25.4 Å². The molecule has 242 valence electrons. The van der Waals surface area contributed by atoms with Crippen LogP contribution in [0.3, 0.4) is 0 Å². The average molecular weight is 636 g/mol. The van der Waals surface area contributed by atoms with Gasteiger partial charge in [-0.3, -0.25) is 0 Å². The largest absolute Gasteiger partial charge is 0.489 e. The van der Waals surface area contributed by atoms with E-state index in [4.69, 9.17) is 18.9 Å². The molecule has 0 radical (unpaired) electrons. The van der Waals surface area contributed by atoms with E-state index in [-0.39, 0.29) is 24.3 Å². The number of carbonyl (C=O) groups excluding carboxylic acids is 1. The fraction of sp³-hybridized carbons (Fsp3) is 0.400. The minimum Gasteiger partial charge on any atom is -0.489 e. The van der Waals surface area contributed by atoms with Gasteiger partial charge in [0.25, 0.3) is 0 Å². The number of nitrogens with zero attached hydrogens (tertiary/aromatic N) is 6. The number of nitrogens with one attached hydrogen (secondary N) is 1. The van der Waals surface area contributed by atoms with Crippen LogP contribution in [0.25, 0.3) is 16.6 Å². The summed E-state index contributed by atoms with van der Waals surface area (Å²) < 4.78 is 26.4. The van der Waals surface area contributed by atoms with Gasteiger partial charge in [-0.25, -0.2) is 24.3 Å². The number of amides is 1. The molecule has 3 atom stereocenters. The van der Waals surface area contributed by atoms with Gasteiger partial charge in [-0.1, -0.05) is 0 Å². The van der Waals surface area contributed by atoms with Gasteiger partial charge in [0.1, 0.15) is 41.7 Å². The van der Waals surface area contributed by atoms with Crippen molar-refractivity contribution in [3.63, 3.8) is 0 Å². The molecule has 8 rings (SSSR count). The van der Waals surface area contributed by atoms with Crippen LogP contribution in [0, 0.1) is 6.92 Å². The molecule has 3 aliphatic heterocycles. The van der Waals surface area contributed by atoms with Gasteiger partial charge in [0, 0.05) is 60.2 Å². The Morgan fingerprint density at radius 2 is 1.83 bits per heavy atom. The number of ether oxygens (including phenoxy) is 4. The first-order valence-corrected chi connectivity index (χ1v) is 16.1. The van der Waals surface area contributed by atoms with Crippen molar-refractivity contribution in [3.8, 4) is 23.0 Å². The number of carbonyl (C=O) groups is 1. The molecule has 1 amide bonds. The quantitative estimate of drug-likeness (QED) is 0.214. The van der Waals surface area contributed by atoms with Crippen LogP contribution < -0.4 is 19.5 Å². The second kappa shape index (κ2) is 11.3. The van der Waals surface area contributed by atoms with Gasteiger partial charge in [0.15, 0.2) is 17.1 Å². The van der Waals surface area contributed by atoms with Crippen molar-refractivity contribution in [1.29, 1.82) is 0 Å². The molecule has 6 heterocycles. The first-order chi connectivity index (χ1) is 22.7. The third kappa shape index (κ3) is 5.61. The predicted octanol–water partition coefficient (Wildman–Crippen LogP) is 6.76. The van der Waals surface area contributed by atoms with E-state index >= 15 is 0 Å². The van der Waals surface area contributed by atoms with E-state index in [1.54, 1.807) is 10.8 Å². The number of hydrogen-bond acceptors (Lipinski definition) is 10. The molecule has 12 nitrogen and oxygen atoms in total. The van der Waals surface area contributed by atoms with Crippen LogP contribution in [0.1, 0.15) is 57.6 Å². The van der Waals surface area contributed by atoms with Crippen LogP contribution in [-0.2, 0) is 11.2 Å². The van der Waals surface area contributed by atoms with Crippen molar-refractivity contribution in [2.24, 2.45) is 0 Å². The molecule has 2 saturated heterocycles. The SMILES string of the molecule is Cc1cc(Nc2ncnc3c4c(c(OC5C[C@H]6CC[C@@H](C5)N6C(=O)OC(C)(C)C)cc23)OCC4)ccc1Oc1ccn2ncnc2c1. The van der Waals surface area contributed by atoms with Crippen molar-refractivity contribution >= 4 is 34.1 Å². The summed E-state index contributed by atoms with van der Waals surface area (Å²) in [4.78, 5) is 28.5. The summed E-state index contributed by atoms with van der Waals surface area (Å²) in [5, 5.41) is 8.50. The third-order valence-corrected chi connectivity index (χ3v) is 9.05. The molecule has 0 spiro atoms. The number of aromatic nitrogens is 5. The Morgan fingerprint density at radius 1 is 1.00 bits per heavy atom. The Hall–Kier alpha value is -5.13. The molecule has 3 aromatic heterocycles. The topological polar surface area (TPSA) is 125 Å². The predicted molar refractivity (Wildman–Crippen MR) is 175 cm³/mol. The summed E-state index contributed by atoms with van der Waals surface area (Å²) in [6.45, 7) is 8.30. The maximum absolute atomic E-state index is 13.0. The average Bonchev–Trinajstić information content (AvgIpc) is 3.76. The zero-order valence-electron chi connectivity index (χ0n) is 26.9. The van der Waals surface area contributed by atoms with Crippen LogP contribution in [0.15, 0.2) is 55.2 Å².